The highest BCUT2D eigenvalue weighted by atomic mass is 19.4. The standard InChI is InChI=1S/C17H22N8O.C2HF3O2/c1-22-8-13(5-19-22)9-24-3-4-25-11-15(21-16(25)12-24)7-18-17(26)14-6-20-23(2)10-14;3-2(4,5)1(6)7/h5-6,8,10-11H,3-4,7,9,12H2,1-2H3,(H,18,26);(H,6,7). The van der Waals surface area contributed by atoms with Crippen LogP contribution in [0.2, 0.25) is 0 Å². The van der Waals surface area contributed by atoms with Gasteiger partial charge >= 0.3 is 12.1 Å². The molecule has 4 rings (SSSR count). The van der Waals surface area contributed by atoms with Gasteiger partial charge in [-0.2, -0.15) is 23.4 Å². The zero-order valence-electron chi connectivity index (χ0n) is 18.0. The molecule has 3 aromatic rings. The first-order valence-corrected chi connectivity index (χ1v) is 9.83. The number of aliphatic carboxylic acids is 1. The quantitative estimate of drug-likeness (QED) is 0.571. The van der Waals surface area contributed by atoms with Crippen molar-refractivity contribution in [3.05, 3.63) is 53.6 Å². The zero-order valence-corrected chi connectivity index (χ0v) is 18.0. The van der Waals surface area contributed by atoms with E-state index >= 15 is 0 Å². The maximum atomic E-state index is 12.1. The monoisotopic (exact) mass is 468 g/mol. The fourth-order valence-electron chi connectivity index (χ4n) is 3.20. The van der Waals surface area contributed by atoms with Crippen LogP contribution in [0.4, 0.5) is 13.2 Å². The van der Waals surface area contributed by atoms with E-state index < -0.39 is 12.1 Å². The highest BCUT2D eigenvalue weighted by molar-refractivity contribution is 5.93. The van der Waals surface area contributed by atoms with Gasteiger partial charge in [0.15, 0.2) is 0 Å². The van der Waals surface area contributed by atoms with Gasteiger partial charge < -0.3 is 15.0 Å². The molecular formula is C19H23F3N8O3. The lowest BCUT2D eigenvalue weighted by Crippen LogP contribution is -2.33. The highest BCUT2D eigenvalue weighted by Gasteiger charge is 2.38. The minimum atomic E-state index is -5.08. The maximum Gasteiger partial charge on any atom is 0.490 e. The van der Waals surface area contributed by atoms with Crippen LogP contribution < -0.4 is 5.32 Å². The third kappa shape index (κ3) is 6.65. The number of aromatic nitrogens is 6. The van der Waals surface area contributed by atoms with Crippen LogP contribution in [-0.2, 0) is 45.1 Å². The second kappa shape index (κ2) is 9.85. The summed E-state index contributed by atoms with van der Waals surface area (Å²) in [5, 5.41) is 18.3. The van der Waals surface area contributed by atoms with E-state index in [0.717, 1.165) is 37.7 Å². The summed E-state index contributed by atoms with van der Waals surface area (Å²) < 4.78 is 37.3. The molecular weight excluding hydrogens is 445 g/mol. The summed E-state index contributed by atoms with van der Waals surface area (Å²) in [7, 11) is 3.72. The lowest BCUT2D eigenvalue weighted by Gasteiger charge is -2.26. The first-order valence-electron chi connectivity index (χ1n) is 9.83. The number of alkyl halides is 3. The molecule has 0 saturated heterocycles. The van der Waals surface area contributed by atoms with Crippen molar-refractivity contribution >= 4 is 11.9 Å². The van der Waals surface area contributed by atoms with E-state index in [9.17, 15) is 18.0 Å². The largest absolute Gasteiger partial charge is 0.490 e. The van der Waals surface area contributed by atoms with Crippen molar-refractivity contribution in [2.75, 3.05) is 6.54 Å². The number of hydrogen-bond acceptors (Lipinski definition) is 6. The fourth-order valence-corrected chi connectivity index (χ4v) is 3.20. The summed E-state index contributed by atoms with van der Waals surface area (Å²) in [4.78, 5) is 28.1. The Bertz CT molecular complexity index is 1120. The Labute approximate surface area is 186 Å². The molecule has 0 radical (unpaired) electrons. The Morgan fingerprint density at radius 1 is 1.09 bits per heavy atom. The number of amides is 1. The van der Waals surface area contributed by atoms with Gasteiger partial charge in [-0.3, -0.25) is 19.1 Å². The summed E-state index contributed by atoms with van der Waals surface area (Å²) in [5.41, 5.74) is 2.64. The molecule has 14 heteroatoms. The van der Waals surface area contributed by atoms with Crippen molar-refractivity contribution in [2.45, 2.75) is 32.4 Å². The second-order valence-electron chi connectivity index (χ2n) is 7.46. The summed E-state index contributed by atoms with van der Waals surface area (Å²) in [5.74, 6) is -1.86. The van der Waals surface area contributed by atoms with Crippen molar-refractivity contribution in [1.29, 1.82) is 0 Å². The molecule has 4 heterocycles. The first kappa shape index (κ1) is 24.0. The molecule has 0 unspecified atom stereocenters. The Morgan fingerprint density at radius 2 is 1.76 bits per heavy atom. The highest BCUT2D eigenvalue weighted by Crippen LogP contribution is 2.16. The molecule has 0 fully saturated rings. The van der Waals surface area contributed by atoms with Crippen LogP contribution >= 0.6 is 0 Å². The van der Waals surface area contributed by atoms with Crippen molar-refractivity contribution in [1.82, 2.24) is 39.3 Å². The molecule has 0 saturated carbocycles. The molecule has 0 bridgehead atoms. The molecule has 1 amide bonds. The molecule has 178 valence electrons. The normalized spacial score (nSPS) is 13.7. The minimum absolute atomic E-state index is 0.137. The number of fused-ring (bicyclic) bond motifs is 1. The number of halogens is 3. The first-order chi connectivity index (χ1) is 15.5. The predicted octanol–water partition coefficient (Wildman–Crippen LogP) is 0.929. The number of rotatable bonds is 5. The number of carbonyl (C=O) groups is 2. The zero-order chi connectivity index (χ0) is 24.2. The van der Waals surface area contributed by atoms with E-state index in [1.54, 1.807) is 24.1 Å². The molecule has 3 aromatic heterocycles. The molecule has 0 spiro atoms. The summed E-state index contributed by atoms with van der Waals surface area (Å²) in [6, 6.07) is 0. The van der Waals surface area contributed by atoms with Crippen LogP contribution in [0.25, 0.3) is 0 Å². The maximum absolute atomic E-state index is 12.1. The topological polar surface area (TPSA) is 123 Å². The van der Waals surface area contributed by atoms with E-state index in [-0.39, 0.29) is 5.91 Å². The number of hydrogen-bond donors (Lipinski definition) is 2. The number of nitrogens with one attached hydrogen (secondary N) is 1. The average molecular weight is 468 g/mol. The Hall–Kier alpha value is -3.68. The molecule has 1 aliphatic rings. The van der Waals surface area contributed by atoms with Crippen molar-refractivity contribution in [3.63, 3.8) is 0 Å². The summed E-state index contributed by atoms with van der Waals surface area (Å²) in [6.45, 7) is 3.95. The van der Waals surface area contributed by atoms with Gasteiger partial charge in [0.1, 0.15) is 5.82 Å². The smallest absolute Gasteiger partial charge is 0.475 e. The van der Waals surface area contributed by atoms with Gasteiger partial charge in [0.25, 0.3) is 5.91 Å². The van der Waals surface area contributed by atoms with Crippen LogP contribution in [0.1, 0.15) is 27.4 Å². The van der Waals surface area contributed by atoms with Crippen LogP contribution in [0.3, 0.4) is 0 Å². The van der Waals surface area contributed by atoms with Crippen LogP contribution in [0, 0.1) is 0 Å². The summed E-state index contributed by atoms with van der Waals surface area (Å²) in [6.07, 6.45) is 4.15. The van der Waals surface area contributed by atoms with Gasteiger partial charge in [-0.15, -0.1) is 0 Å². The van der Waals surface area contributed by atoms with E-state index in [0.29, 0.717) is 12.1 Å². The average Bonchev–Trinajstić information content (AvgIpc) is 3.45. The Morgan fingerprint density at radius 3 is 2.33 bits per heavy atom. The van der Waals surface area contributed by atoms with Gasteiger partial charge in [-0.25, -0.2) is 9.78 Å². The van der Waals surface area contributed by atoms with Gasteiger partial charge in [0.05, 0.1) is 36.7 Å². The number of aryl methyl sites for hydroxylation is 2. The van der Waals surface area contributed by atoms with E-state index in [1.807, 2.05) is 30.3 Å². The SMILES string of the molecule is Cn1cc(CN2CCn3cc(CNC(=O)c4cnn(C)c4)nc3C2)cn1.O=C(O)C(F)(F)F. The lowest BCUT2D eigenvalue weighted by atomic mass is 10.3. The molecule has 11 nitrogen and oxygen atoms in total. The number of nitrogens with zero attached hydrogens (tertiary/aromatic N) is 7. The number of carboxylic acids is 1. The van der Waals surface area contributed by atoms with Gasteiger partial charge in [0.2, 0.25) is 0 Å². The van der Waals surface area contributed by atoms with Crippen LogP contribution in [0.5, 0.6) is 0 Å². The molecule has 0 aromatic carbocycles. The van der Waals surface area contributed by atoms with Crippen molar-refractivity contribution < 1.29 is 27.9 Å². The Kier molecular flexibility index (Phi) is 7.16. The predicted molar refractivity (Wildman–Crippen MR) is 108 cm³/mol. The fraction of sp³-hybridized carbons (Fsp3) is 0.421. The van der Waals surface area contributed by atoms with E-state index in [4.69, 9.17) is 9.90 Å². The molecule has 33 heavy (non-hydrogen) atoms. The van der Waals surface area contributed by atoms with Crippen LogP contribution in [0.15, 0.2) is 31.0 Å². The van der Waals surface area contributed by atoms with Gasteiger partial charge in [-0.1, -0.05) is 0 Å². The lowest BCUT2D eigenvalue weighted by molar-refractivity contribution is -0.192. The Balaban J connectivity index is 0.000000383. The number of imidazole rings is 1. The van der Waals surface area contributed by atoms with E-state index in [1.165, 1.54) is 5.56 Å². The minimum Gasteiger partial charge on any atom is -0.475 e. The van der Waals surface area contributed by atoms with Gasteiger partial charge in [0, 0.05) is 57.9 Å². The van der Waals surface area contributed by atoms with Crippen molar-refractivity contribution in [2.24, 2.45) is 14.1 Å². The second-order valence-corrected chi connectivity index (χ2v) is 7.46. The van der Waals surface area contributed by atoms with Crippen molar-refractivity contribution in [3.8, 4) is 0 Å². The molecule has 2 N–H and O–H groups in total. The van der Waals surface area contributed by atoms with Gasteiger partial charge in [-0.05, 0) is 0 Å². The molecule has 1 aliphatic heterocycles. The molecule has 0 aliphatic carbocycles. The van der Waals surface area contributed by atoms with Crippen LogP contribution in [-0.4, -0.2) is 63.7 Å². The number of carboxylic acid groups (broad SMARTS) is 1. The summed E-state index contributed by atoms with van der Waals surface area (Å²) >= 11 is 0. The number of carbonyl (C=O) groups excluding carboxylic acids is 1. The molecule has 0 atom stereocenters. The third-order valence-corrected chi connectivity index (χ3v) is 4.74. The third-order valence-electron chi connectivity index (χ3n) is 4.74. The van der Waals surface area contributed by atoms with E-state index in [2.05, 4.69) is 30.0 Å².